The first-order valence-electron chi connectivity index (χ1n) is 7.67. The molecule has 21 heavy (non-hydrogen) atoms. The van der Waals surface area contributed by atoms with Gasteiger partial charge in [-0.2, -0.15) is 0 Å². The number of amides is 1. The van der Waals surface area contributed by atoms with E-state index in [0.717, 1.165) is 19.5 Å². The zero-order valence-corrected chi connectivity index (χ0v) is 15.4. The minimum absolute atomic E-state index is 0. The van der Waals surface area contributed by atoms with Gasteiger partial charge < -0.3 is 16.0 Å². The molecule has 6 heteroatoms. The molecule has 0 bridgehead atoms. The van der Waals surface area contributed by atoms with Crippen LogP contribution in [0.2, 0.25) is 0 Å². The minimum Gasteiger partial charge on any atom is -0.354 e. The zero-order chi connectivity index (χ0) is 14.4. The van der Waals surface area contributed by atoms with E-state index in [2.05, 4.69) is 37.9 Å². The van der Waals surface area contributed by atoms with Crippen molar-refractivity contribution in [2.24, 2.45) is 17.6 Å². The molecule has 0 saturated carbocycles. The Bertz CT molecular complexity index is 288. The highest BCUT2D eigenvalue weighted by Crippen LogP contribution is 2.17. The van der Waals surface area contributed by atoms with Crippen LogP contribution in [0.15, 0.2) is 0 Å². The van der Waals surface area contributed by atoms with Gasteiger partial charge in [0.2, 0.25) is 5.91 Å². The summed E-state index contributed by atoms with van der Waals surface area (Å²) in [4.78, 5) is 14.4. The van der Waals surface area contributed by atoms with Crippen molar-refractivity contribution in [3.63, 3.8) is 0 Å². The van der Waals surface area contributed by atoms with Crippen LogP contribution in [0.25, 0.3) is 0 Å². The Kier molecular flexibility index (Phi) is 12.8. The van der Waals surface area contributed by atoms with Crippen LogP contribution < -0.4 is 11.1 Å². The van der Waals surface area contributed by atoms with E-state index in [1.807, 2.05) is 0 Å². The first-order chi connectivity index (χ1) is 8.90. The Morgan fingerprint density at radius 1 is 1.29 bits per heavy atom. The van der Waals surface area contributed by atoms with Crippen molar-refractivity contribution < 1.29 is 4.79 Å². The van der Waals surface area contributed by atoms with Gasteiger partial charge in [-0.25, -0.2) is 0 Å². The van der Waals surface area contributed by atoms with Crippen LogP contribution in [0.4, 0.5) is 0 Å². The molecule has 1 saturated heterocycles. The zero-order valence-electron chi connectivity index (χ0n) is 13.8. The number of hydrogen-bond acceptors (Lipinski definition) is 3. The summed E-state index contributed by atoms with van der Waals surface area (Å²) in [6, 6.07) is 0.242. The molecular formula is C15H33Cl2N3O. The van der Waals surface area contributed by atoms with Crippen LogP contribution in [0.1, 0.15) is 47.0 Å². The van der Waals surface area contributed by atoms with Crippen molar-refractivity contribution in [3.8, 4) is 0 Å². The van der Waals surface area contributed by atoms with Gasteiger partial charge in [-0.3, -0.25) is 4.79 Å². The number of piperidine rings is 1. The lowest BCUT2D eigenvalue weighted by molar-refractivity contribution is -0.123. The van der Waals surface area contributed by atoms with E-state index in [0.29, 0.717) is 17.9 Å². The van der Waals surface area contributed by atoms with Crippen LogP contribution in [-0.4, -0.2) is 42.5 Å². The highest BCUT2D eigenvalue weighted by atomic mass is 35.5. The first-order valence-corrected chi connectivity index (χ1v) is 7.67. The lowest BCUT2D eigenvalue weighted by atomic mass is 9.96. The molecular weight excluding hydrogens is 309 g/mol. The number of halogens is 2. The molecule has 1 rings (SSSR count). The van der Waals surface area contributed by atoms with Crippen LogP contribution in [0.3, 0.4) is 0 Å². The maximum Gasteiger partial charge on any atom is 0.236 e. The van der Waals surface area contributed by atoms with E-state index in [4.69, 9.17) is 5.73 Å². The molecule has 1 fully saturated rings. The van der Waals surface area contributed by atoms with Gasteiger partial charge in [-0.15, -0.1) is 24.8 Å². The van der Waals surface area contributed by atoms with Crippen molar-refractivity contribution in [3.05, 3.63) is 0 Å². The second-order valence-corrected chi connectivity index (χ2v) is 6.58. The number of nitrogens with two attached hydrogens (primary N) is 1. The van der Waals surface area contributed by atoms with Crippen LogP contribution in [0.5, 0.6) is 0 Å². The number of carbonyl (C=O) groups is 1. The lowest BCUT2D eigenvalue weighted by Gasteiger charge is -2.35. The van der Waals surface area contributed by atoms with E-state index < -0.39 is 0 Å². The third-order valence-corrected chi connectivity index (χ3v) is 3.91. The predicted molar refractivity (Wildman–Crippen MR) is 94.4 cm³/mol. The Morgan fingerprint density at radius 3 is 2.43 bits per heavy atom. The van der Waals surface area contributed by atoms with Crippen molar-refractivity contribution in [2.45, 2.75) is 59.0 Å². The summed E-state index contributed by atoms with van der Waals surface area (Å²) in [6.07, 6.45) is 3.20. The van der Waals surface area contributed by atoms with E-state index >= 15 is 0 Å². The SMILES string of the molecule is CC(C)C[C@H](N)C(=O)NCC1CCCN(C(C)C)C1.Cl.Cl. The van der Waals surface area contributed by atoms with Crippen LogP contribution >= 0.6 is 24.8 Å². The number of carbonyl (C=O) groups excluding carboxylic acids is 1. The third kappa shape index (κ3) is 8.87. The molecule has 2 atom stereocenters. The molecule has 0 radical (unpaired) electrons. The Morgan fingerprint density at radius 2 is 1.90 bits per heavy atom. The fourth-order valence-electron chi connectivity index (χ4n) is 2.72. The van der Waals surface area contributed by atoms with Crippen LogP contribution in [-0.2, 0) is 4.79 Å². The molecule has 1 aliphatic rings. The molecule has 128 valence electrons. The Balaban J connectivity index is 0. The number of likely N-dealkylation sites (tertiary alicyclic amines) is 1. The van der Waals surface area contributed by atoms with E-state index in [9.17, 15) is 4.79 Å². The van der Waals surface area contributed by atoms with Gasteiger partial charge in [-0.05, 0) is 51.5 Å². The molecule has 1 unspecified atom stereocenters. The maximum absolute atomic E-state index is 11.9. The minimum atomic E-state index is -0.357. The number of hydrogen-bond donors (Lipinski definition) is 2. The molecule has 0 aromatic carbocycles. The predicted octanol–water partition coefficient (Wildman–Crippen LogP) is 2.44. The fraction of sp³-hybridized carbons (Fsp3) is 0.933. The Labute approximate surface area is 142 Å². The molecule has 3 N–H and O–H groups in total. The van der Waals surface area contributed by atoms with Gasteiger partial charge in [0.05, 0.1) is 6.04 Å². The molecule has 0 aromatic rings. The molecule has 0 aromatic heterocycles. The summed E-state index contributed by atoms with van der Waals surface area (Å²) in [6.45, 7) is 11.7. The summed E-state index contributed by atoms with van der Waals surface area (Å²) < 4.78 is 0. The van der Waals surface area contributed by atoms with E-state index in [1.54, 1.807) is 0 Å². The molecule has 0 spiro atoms. The standard InChI is InChI=1S/C15H31N3O.2ClH/c1-11(2)8-14(16)15(19)17-9-13-6-5-7-18(10-13)12(3)4;;/h11-14H,5-10,16H2,1-4H3,(H,17,19);2*1H/t13?,14-;;/m0../s1. The summed E-state index contributed by atoms with van der Waals surface area (Å²) in [7, 11) is 0. The van der Waals surface area contributed by atoms with Gasteiger partial charge in [-0.1, -0.05) is 13.8 Å². The first kappa shape index (κ1) is 23.2. The summed E-state index contributed by atoms with van der Waals surface area (Å²) in [5.41, 5.74) is 5.89. The van der Waals surface area contributed by atoms with Gasteiger partial charge in [0.15, 0.2) is 0 Å². The summed E-state index contributed by atoms with van der Waals surface area (Å²) >= 11 is 0. The molecule has 1 amide bonds. The number of rotatable bonds is 6. The largest absolute Gasteiger partial charge is 0.354 e. The average Bonchev–Trinajstić information content (AvgIpc) is 2.35. The van der Waals surface area contributed by atoms with E-state index in [-0.39, 0.29) is 36.8 Å². The van der Waals surface area contributed by atoms with Crippen molar-refractivity contribution >= 4 is 30.7 Å². The summed E-state index contributed by atoms with van der Waals surface area (Å²) in [5, 5.41) is 3.03. The highest BCUT2D eigenvalue weighted by molar-refractivity contribution is 5.85. The lowest BCUT2D eigenvalue weighted by Crippen LogP contribution is -2.47. The fourth-order valence-corrected chi connectivity index (χ4v) is 2.72. The maximum atomic E-state index is 11.9. The van der Waals surface area contributed by atoms with Crippen LogP contribution in [0, 0.1) is 11.8 Å². The summed E-state index contributed by atoms with van der Waals surface area (Å²) in [5.74, 6) is 1.05. The monoisotopic (exact) mass is 341 g/mol. The second kappa shape index (κ2) is 11.5. The quantitative estimate of drug-likeness (QED) is 0.779. The molecule has 1 heterocycles. The third-order valence-electron chi connectivity index (χ3n) is 3.91. The Hall–Kier alpha value is -0.0300. The molecule has 0 aliphatic carbocycles. The van der Waals surface area contributed by atoms with Crippen molar-refractivity contribution in [1.29, 1.82) is 0 Å². The van der Waals surface area contributed by atoms with Crippen molar-refractivity contribution in [1.82, 2.24) is 10.2 Å². The molecule has 4 nitrogen and oxygen atoms in total. The second-order valence-electron chi connectivity index (χ2n) is 6.58. The normalized spacial score (nSPS) is 20.6. The van der Waals surface area contributed by atoms with Crippen molar-refractivity contribution in [2.75, 3.05) is 19.6 Å². The number of nitrogens with zero attached hydrogens (tertiary/aromatic N) is 1. The topological polar surface area (TPSA) is 58.4 Å². The van der Waals surface area contributed by atoms with Gasteiger partial charge >= 0.3 is 0 Å². The number of nitrogens with one attached hydrogen (secondary N) is 1. The average molecular weight is 342 g/mol. The highest BCUT2D eigenvalue weighted by Gasteiger charge is 2.23. The smallest absolute Gasteiger partial charge is 0.236 e. The van der Waals surface area contributed by atoms with Gasteiger partial charge in [0, 0.05) is 19.1 Å². The van der Waals surface area contributed by atoms with Gasteiger partial charge in [0.25, 0.3) is 0 Å². The molecule has 1 aliphatic heterocycles. The van der Waals surface area contributed by atoms with E-state index in [1.165, 1.54) is 19.4 Å². The van der Waals surface area contributed by atoms with Gasteiger partial charge in [0.1, 0.15) is 0 Å².